The third-order valence-corrected chi connectivity index (χ3v) is 4.41. The fourth-order valence-electron chi connectivity index (χ4n) is 3.19. The van der Waals surface area contributed by atoms with E-state index < -0.39 is 17.6 Å². The van der Waals surface area contributed by atoms with Crippen LogP contribution in [0.2, 0.25) is 0 Å². The van der Waals surface area contributed by atoms with Crippen molar-refractivity contribution in [2.45, 2.75) is 25.0 Å². The minimum atomic E-state index is -0.789. The van der Waals surface area contributed by atoms with Crippen LogP contribution in [0.1, 0.15) is 24.8 Å². The Hall–Kier alpha value is -2.04. The van der Waals surface area contributed by atoms with E-state index >= 15 is 0 Å². The van der Waals surface area contributed by atoms with E-state index in [0.717, 1.165) is 11.3 Å². The van der Waals surface area contributed by atoms with Crippen LogP contribution >= 0.6 is 0 Å². The number of benzene rings is 1. The Morgan fingerprint density at radius 3 is 2.85 bits per heavy atom. The van der Waals surface area contributed by atoms with Crippen LogP contribution in [0.25, 0.3) is 0 Å². The van der Waals surface area contributed by atoms with Gasteiger partial charge in [0, 0.05) is 19.4 Å². The number of esters is 1. The van der Waals surface area contributed by atoms with Gasteiger partial charge in [-0.1, -0.05) is 18.2 Å². The predicted octanol–water partition coefficient (Wildman–Crippen LogP) is 1.53. The van der Waals surface area contributed by atoms with Crippen molar-refractivity contribution in [2.24, 2.45) is 5.92 Å². The molecule has 1 fully saturated rings. The fourth-order valence-corrected chi connectivity index (χ4v) is 3.19. The molecule has 2 bridgehead atoms. The maximum atomic E-state index is 12.5. The van der Waals surface area contributed by atoms with Gasteiger partial charge in [-0.3, -0.25) is 9.59 Å². The summed E-state index contributed by atoms with van der Waals surface area (Å²) in [5.74, 6) is -0.973. The maximum absolute atomic E-state index is 12.5. The van der Waals surface area contributed by atoms with Crippen LogP contribution < -0.4 is 4.74 Å². The molecule has 0 aromatic heterocycles. The molecule has 3 rings (SSSR count). The number of ether oxygens (including phenoxy) is 2. The molecule has 106 valence electrons. The Labute approximate surface area is 117 Å². The zero-order valence-electron chi connectivity index (χ0n) is 11.8. The Bertz CT molecular complexity index is 585. The second-order valence-corrected chi connectivity index (χ2v) is 5.52. The van der Waals surface area contributed by atoms with Gasteiger partial charge in [-0.2, -0.15) is 0 Å². The summed E-state index contributed by atoms with van der Waals surface area (Å²) in [6.45, 7) is 1.88. The highest BCUT2D eigenvalue weighted by Crippen LogP contribution is 2.49. The molecule has 5 heteroatoms. The van der Waals surface area contributed by atoms with Crippen molar-refractivity contribution in [3.8, 4) is 5.75 Å². The molecule has 1 amide bonds. The van der Waals surface area contributed by atoms with Crippen LogP contribution in [0.15, 0.2) is 24.3 Å². The Kier molecular flexibility index (Phi) is 2.74. The molecule has 1 aromatic rings. The van der Waals surface area contributed by atoms with Crippen LogP contribution in [0, 0.1) is 5.92 Å². The summed E-state index contributed by atoms with van der Waals surface area (Å²) in [7, 11) is 2.98. The molecule has 0 saturated carbocycles. The van der Waals surface area contributed by atoms with Gasteiger partial charge in [0.25, 0.3) is 0 Å². The number of carbonyl (C=O) groups is 2. The average molecular weight is 275 g/mol. The summed E-state index contributed by atoms with van der Waals surface area (Å²) in [5, 5.41) is 0. The second-order valence-electron chi connectivity index (χ2n) is 5.52. The zero-order valence-corrected chi connectivity index (χ0v) is 11.8. The minimum absolute atomic E-state index is 0.193. The molecule has 2 aliphatic heterocycles. The lowest BCUT2D eigenvalue weighted by molar-refractivity contribution is -0.177. The van der Waals surface area contributed by atoms with Crippen LogP contribution in [0.5, 0.6) is 5.75 Å². The predicted molar refractivity (Wildman–Crippen MR) is 71.1 cm³/mol. The number of likely N-dealkylation sites (tertiary alicyclic amines) is 1. The lowest BCUT2D eigenvalue weighted by atomic mass is 9.74. The van der Waals surface area contributed by atoms with Crippen molar-refractivity contribution < 1.29 is 19.1 Å². The highest BCUT2D eigenvalue weighted by atomic mass is 16.5. The first kappa shape index (κ1) is 13.0. The molecule has 0 unspecified atom stereocenters. The first-order valence-electron chi connectivity index (χ1n) is 6.61. The fraction of sp³-hybridized carbons (Fsp3) is 0.467. The third-order valence-electron chi connectivity index (χ3n) is 4.41. The van der Waals surface area contributed by atoms with Crippen LogP contribution in [0.3, 0.4) is 0 Å². The summed E-state index contributed by atoms with van der Waals surface area (Å²) in [6.07, 6.45) is 0.589. The van der Waals surface area contributed by atoms with Crippen molar-refractivity contribution >= 4 is 11.9 Å². The number of amides is 1. The number of para-hydroxylation sites is 1. The highest BCUT2D eigenvalue weighted by Gasteiger charge is 2.55. The molecule has 0 N–H and O–H groups in total. The lowest BCUT2D eigenvalue weighted by Crippen LogP contribution is -2.62. The van der Waals surface area contributed by atoms with Gasteiger partial charge >= 0.3 is 5.97 Å². The quantitative estimate of drug-likeness (QED) is 0.576. The number of fused-ring (bicyclic) bond motifs is 4. The molecule has 0 aliphatic carbocycles. The van der Waals surface area contributed by atoms with Crippen molar-refractivity contribution in [2.75, 3.05) is 14.2 Å². The molecular weight excluding hydrogens is 258 g/mol. The van der Waals surface area contributed by atoms with E-state index in [-0.39, 0.29) is 11.8 Å². The summed E-state index contributed by atoms with van der Waals surface area (Å²) in [4.78, 5) is 26.0. The van der Waals surface area contributed by atoms with Crippen LogP contribution in [0.4, 0.5) is 0 Å². The number of nitrogens with zero attached hydrogens (tertiary/aromatic N) is 1. The highest BCUT2D eigenvalue weighted by molar-refractivity contribution is 6.00. The molecule has 0 radical (unpaired) electrons. The summed E-state index contributed by atoms with van der Waals surface area (Å²) in [6, 6.07) is 7.56. The van der Waals surface area contributed by atoms with E-state index in [2.05, 4.69) is 0 Å². The monoisotopic (exact) mass is 275 g/mol. The van der Waals surface area contributed by atoms with Gasteiger partial charge in [0.05, 0.1) is 7.11 Å². The zero-order chi connectivity index (χ0) is 14.5. The largest absolute Gasteiger partial charge is 0.468 e. The van der Waals surface area contributed by atoms with E-state index in [0.29, 0.717) is 6.42 Å². The van der Waals surface area contributed by atoms with Gasteiger partial charge in [-0.05, 0) is 18.6 Å². The molecule has 3 atom stereocenters. The van der Waals surface area contributed by atoms with Gasteiger partial charge in [0.15, 0.2) is 5.72 Å². The van der Waals surface area contributed by atoms with Crippen LogP contribution in [-0.4, -0.2) is 36.7 Å². The Morgan fingerprint density at radius 1 is 1.45 bits per heavy atom. The summed E-state index contributed by atoms with van der Waals surface area (Å²) >= 11 is 0. The minimum Gasteiger partial charge on any atom is -0.468 e. The average Bonchev–Trinajstić information content (AvgIpc) is 2.44. The van der Waals surface area contributed by atoms with E-state index in [4.69, 9.17) is 9.47 Å². The molecular formula is C15H17NO4. The standard InChI is InChI=1S/C15H17NO4/c1-15-8-10(9-6-4-5-7-11(9)20-15)12(14(18)19-3)13(17)16(15)2/h4-7,10,12H,8H2,1-3H3/t10-,12+,15-/m1/s1. The second kappa shape index (κ2) is 4.23. The topological polar surface area (TPSA) is 55.8 Å². The van der Waals surface area contributed by atoms with E-state index in [1.165, 1.54) is 12.0 Å². The Morgan fingerprint density at radius 2 is 2.15 bits per heavy atom. The van der Waals surface area contributed by atoms with Crippen molar-refractivity contribution in [3.05, 3.63) is 29.8 Å². The number of methoxy groups -OCH3 is 1. The normalized spacial score (nSPS) is 31.4. The van der Waals surface area contributed by atoms with Crippen molar-refractivity contribution in [1.29, 1.82) is 0 Å². The van der Waals surface area contributed by atoms with Gasteiger partial charge in [-0.25, -0.2) is 0 Å². The van der Waals surface area contributed by atoms with Gasteiger partial charge in [0.1, 0.15) is 11.7 Å². The van der Waals surface area contributed by atoms with Crippen LogP contribution in [-0.2, 0) is 14.3 Å². The molecule has 2 aliphatic rings. The van der Waals surface area contributed by atoms with Gasteiger partial charge in [-0.15, -0.1) is 0 Å². The molecule has 1 aromatic carbocycles. The Balaban J connectivity index is 2.14. The first-order chi connectivity index (χ1) is 9.48. The lowest BCUT2D eigenvalue weighted by Gasteiger charge is -2.51. The maximum Gasteiger partial charge on any atom is 0.318 e. The van der Waals surface area contributed by atoms with Crippen molar-refractivity contribution in [3.63, 3.8) is 0 Å². The molecule has 20 heavy (non-hydrogen) atoms. The number of rotatable bonds is 1. The third kappa shape index (κ3) is 1.62. The number of hydrogen-bond donors (Lipinski definition) is 0. The molecule has 5 nitrogen and oxygen atoms in total. The van der Waals surface area contributed by atoms with E-state index in [1.807, 2.05) is 31.2 Å². The number of hydrogen-bond acceptors (Lipinski definition) is 4. The first-order valence-corrected chi connectivity index (χ1v) is 6.61. The van der Waals surface area contributed by atoms with Gasteiger partial charge in [0.2, 0.25) is 5.91 Å². The molecule has 0 spiro atoms. The molecule has 1 saturated heterocycles. The summed E-state index contributed by atoms with van der Waals surface area (Å²) < 4.78 is 10.8. The number of carbonyl (C=O) groups excluding carboxylic acids is 2. The van der Waals surface area contributed by atoms with Gasteiger partial charge < -0.3 is 14.4 Å². The molecule has 2 heterocycles. The van der Waals surface area contributed by atoms with E-state index in [1.54, 1.807) is 7.05 Å². The SMILES string of the molecule is COC(=O)[C@@H]1C(=O)N(C)[C@@]2(C)C[C@@H]1c1ccccc1O2. The summed E-state index contributed by atoms with van der Waals surface area (Å²) in [5.41, 5.74) is 0.197. The van der Waals surface area contributed by atoms with Crippen molar-refractivity contribution in [1.82, 2.24) is 4.90 Å². The number of piperidine rings is 1. The van der Waals surface area contributed by atoms with E-state index in [9.17, 15) is 9.59 Å². The smallest absolute Gasteiger partial charge is 0.318 e.